The van der Waals surface area contributed by atoms with E-state index < -0.39 is 5.63 Å². The van der Waals surface area contributed by atoms with E-state index in [4.69, 9.17) is 9.15 Å². The summed E-state index contributed by atoms with van der Waals surface area (Å²) in [6.07, 6.45) is 1.32. The van der Waals surface area contributed by atoms with Crippen molar-refractivity contribution < 1.29 is 13.9 Å². The molecular weight excluding hydrogens is 338 g/mol. The molecule has 0 spiro atoms. The Morgan fingerprint density at radius 3 is 2.85 bits per heavy atom. The Labute approximate surface area is 147 Å². The fourth-order valence-electron chi connectivity index (χ4n) is 2.76. The second-order valence-corrected chi connectivity index (χ2v) is 5.98. The Bertz CT molecular complexity index is 992. The molecule has 1 aliphatic heterocycles. The summed E-state index contributed by atoms with van der Waals surface area (Å²) in [6, 6.07) is 10.0. The van der Waals surface area contributed by atoms with E-state index in [1.165, 1.54) is 17.1 Å². The minimum Gasteiger partial charge on any atom is -0.486 e. The molecule has 4 rings (SSSR count). The van der Waals surface area contributed by atoms with Crippen LogP contribution in [0.5, 0.6) is 5.75 Å². The van der Waals surface area contributed by atoms with Gasteiger partial charge in [0.2, 0.25) is 0 Å². The van der Waals surface area contributed by atoms with Gasteiger partial charge >= 0.3 is 5.63 Å². The minimum atomic E-state index is -0.452. The van der Waals surface area contributed by atoms with Gasteiger partial charge in [-0.05, 0) is 35.5 Å². The van der Waals surface area contributed by atoms with Gasteiger partial charge in [0.25, 0.3) is 5.91 Å². The summed E-state index contributed by atoms with van der Waals surface area (Å²) in [6.45, 7) is 2.59. The van der Waals surface area contributed by atoms with Gasteiger partial charge in [-0.15, -0.1) is 5.10 Å². The molecule has 2 aromatic heterocycles. The zero-order valence-electron chi connectivity index (χ0n) is 13.9. The molecule has 0 saturated carbocycles. The van der Waals surface area contributed by atoms with Crippen molar-refractivity contribution in [2.24, 2.45) is 0 Å². The molecule has 3 heterocycles. The van der Waals surface area contributed by atoms with Crippen molar-refractivity contribution in [3.8, 4) is 11.4 Å². The van der Waals surface area contributed by atoms with E-state index in [1.54, 1.807) is 36.1 Å². The van der Waals surface area contributed by atoms with Crippen LogP contribution in [0, 0.1) is 6.92 Å². The zero-order chi connectivity index (χ0) is 18.1. The van der Waals surface area contributed by atoms with Crippen LogP contribution in [0.1, 0.15) is 16.1 Å². The van der Waals surface area contributed by atoms with Gasteiger partial charge in [0.1, 0.15) is 23.9 Å². The van der Waals surface area contributed by atoms with Gasteiger partial charge in [-0.25, -0.2) is 9.48 Å². The third kappa shape index (κ3) is 3.18. The molecule has 132 valence electrons. The van der Waals surface area contributed by atoms with Crippen molar-refractivity contribution in [2.45, 2.75) is 13.0 Å². The van der Waals surface area contributed by atoms with E-state index >= 15 is 0 Å². The largest absolute Gasteiger partial charge is 0.486 e. The van der Waals surface area contributed by atoms with Gasteiger partial charge in [-0.1, -0.05) is 6.07 Å². The van der Waals surface area contributed by atoms with Crippen LogP contribution in [0.4, 0.5) is 0 Å². The number of hydrogen-bond acceptors (Lipinski definition) is 7. The van der Waals surface area contributed by atoms with Gasteiger partial charge in [-0.3, -0.25) is 4.79 Å². The van der Waals surface area contributed by atoms with Crippen molar-refractivity contribution in [1.82, 2.24) is 25.1 Å². The van der Waals surface area contributed by atoms with E-state index in [9.17, 15) is 9.59 Å². The number of aryl methyl sites for hydroxylation is 1. The standard InChI is InChI=1S/C17H15N5O4/c1-11-5-14(7-16(23)25-11)26-15-8-21(9-15)17(24)12-3-2-4-13(6-12)22-10-18-19-20-22/h2-7,10,15H,8-9H2,1H3. The predicted octanol–water partition coefficient (Wildman–Crippen LogP) is 0.827. The van der Waals surface area contributed by atoms with E-state index in [0.717, 1.165) is 0 Å². The molecule has 0 atom stereocenters. The topological polar surface area (TPSA) is 103 Å². The maximum atomic E-state index is 12.6. The number of carbonyl (C=O) groups is 1. The van der Waals surface area contributed by atoms with Crippen LogP contribution in [-0.2, 0) is 0 Å². The molecule has 3 aromatic rings. The van der Waals surface area contributed by atoms with Crippen LogP contribution in [-0.4, -0.2) is 50.2 Å². The maximum Gasteiger partial charge on any atom is 0.339 e. The summed E-state index contributed by atoms with van der Waals surface area (Å²) in [4.78, 5) is 25.6. The molecule has 0 N–H and O–H groups in total. The molecule has 26 heavy (non-hydrogen) atoms. The predicted molar refractivity (Wildman–Crippen MR) is 89.2 cm³/mol. The summed E-state index contributed by atoms with van der Waals surface area (Å²) in [5, 5.41) is 11.0. The van der Waals surface area contributed by atoms with Crippen molar-refractivity contribution >= 4 is 5.91 Å². The van der Waals surface area contributed by atoms with Crippen LogP contribution >= 0.6 is 0 Å². The molecule has 1 aromatic carbocycles. The monoisotopic (exact) mass is 353 g/mol. The number of likely N-dealkylation sites (tertiary alicyclic amines) is 1. The first-order chi connectivity index (χ1) is 12.6. The fraction of sp³-hybridized carbons (Fsp3) is 0.235. The SMILES string of the molecule is Cc1cc(OC2CN(C(=O)c3cccc(-n4cnnn4)c3)C2)cc(=O)o1. The fourth-order valence-corrected chi connectivity index (χ4v) is 2.76. The summed E-state index contributed by atoms with van der Waals surface area (Å²) in [7, 11) is 0. The lowest BCUT2D eigenvalue weighted by Crippen LogP contribution is -2.56. The molecule has 0 bridgehead atoms. The van der Waals surface area contributed by atoms with E-state index in [-0.39, 0.29) is 12.0 Å². The van der Waals surface area contributed by atoms with E-state index in [2.05, 4.69) is 15.5 Å². The molecule has 1 aliphatic rings. The van der Waals surface area contributed by atoms with Gasteiger partial charge in [0.15, 0.2) is 0 Å². The van der Waals surface area contributed by atoms with Crippen molar-refractivity contribution in [3.05, 3.63) is 64.5 Å². The lowest BCUT2D eigenvalue weighted by molar-refractivity contribution is 0.0175. The average molecular weight is 353 g/mol. The smallest absolute Gasteiger partial charge is 0.339 e. The van der Waals surface area contributed by atoms with Crippen LogP contribution in [0.2, 0.25) is 0 Å². The molecular formula is C17H15N5O4. The normalized spacial score (nSPS) is 14.1. The van der Waals surface area contributed by atoms with Crippen molar-refractivity contribution in [3.63, 3.8) is 0 Å². The molecule has 1 saturated heterocycles. The lowest BCUT2D eigenvalue weighted by Gasteiger charge is -2.39. The Kier molecular flexibility index (Phi) is 3.96. The number of carbonyl (C=O) groups excluding carboxylic acids is 1. The average Bonchev–Trinajstić information content (AvgIpc) is 3.11. The van der Waals surface area contributed by atoms with Crippen molar-refractivity contribution in [2.75, 3.05) is 13.1 Å². The Balaban J connectivity index is 1.40. The van der Waals surface area contributed by atoms with Crippen LogP contribution in [0.25, 0.3) is 5.69 Å². The first-order valence-corrected chi connectivity index (χ1v) is 7.99. The van der Waals surface area contributed by atoms with E-state index in [1.807, 2.05) is 6.07 Å². The number of benzene rings is 1. The highest BCUT2D eigenvalue weighted by Gasteiger charge is 2.33. The molecule has 0 aliphatic carbocycles. The third-order valence-electron chi connectivity index (χ3n) is 4.01. The van der Waals surface area contributed by atoms with Crippen LogP contribution in [0.15, 0.2) is 51.9 Å². The van der Waals surface area contributed by atoms with Gasteiger partial charge in [-0.2, -0.15) is 0 Å². The molecule has 1 fully saturated rings. The highest BCUT2D eigenvalue weighted by Crippen LogP contribution is 2.20. The number of amides is 1. The highest BCUT2D eigenvalue weighted by atomic mass is 16.5. The second kappa shape index (κ2) is 6.43. The molecule has 0 unspecified atom stereocenters. The Hall–Kier alpha value is -3.49. The van der Waals surface area contributed by atoms with Gasteiger partial charge in [0.05, 0.1) is 24.8 Å². The Morgan fingerprint density at radius 1 is 1.27 bits per heavy atom. The van der Waals surface area contributed by atoms with Gasteiger partial charge in [0, 0.05) is 11.6 Å². The Morgan fingerprint density at radius 2 is 2.12 bits per heavy atom. The number of tetrazole rings is 1. The van der Waals surface area contributed by atoms with Gasteiger partial charge < -0.3 is 14.1 Å². The molecule has 0 radical (unpaired) electrons. The number of nitrogens with zero attached hydrogens (tertiary/aromatic N) is 5. The number of rotatable bonds is 4. The number of aromatic nitrogens is 4. The first kappa shape index (κ1) is 16.0. The molecule has 9 nitrogen and oxygen atoms in total. The summed E-state index contributed by atoms with van der Waals surface area (Å²) in [5.41, 5.74) is 0.806. The van der Waals surface area contributed by atoms with E-state index in [0.29, 0.717) is 35.9 Å². The lowest BCUT2D eigenvalue weighted by atomic mass is 10.1. The summed E-state index contributed by atoms with van der Waals surface area (Å²) >= 11 is 0. The summed E-state index contributed by atoms with van der Waals surface area (Å²) < 4.78 is 12.1. The minimum absolute atomic E-state index is 0.0940. The number of ether oxygens (including phenoxy) is 1. The number of hydrogen-bond donors (Lipinski definition) is 0. The molecule has 9 heteroatoms. The first-order valence-electron chi connectivity index (χ1n) is 7.99. The third-order valence-corrected chi connectivity index (χ3v) is 4.01. The second-order valence-electron chi connectivity index (χ2n) is 5.98. The highest BCUT2D eigenvalue weighted by molar-refractivity contribution is 5.95. The molecule has 1 amide bonds. The maximum absolute atomic E-state index is 12.6. The van der Waals surface area contributed by atoms with Crippen LogP contribution < -0.4 is 10.4 Å². The zero-order valence-corrected chi connectivity index (χ0v) is 13.9. The van der Waals surface area contributed by atoms with Crippen LogP contribution in [0.3, 0.4) is 0 Å². The quantitative estimate of drug-likeness (QED) is 0.684. The summed E-state index contributed by atoms with van der Waals surface area (Å²) in [5.74, 6) is 0.847. The van der Waals surface area contributed by atoms with Crippen molar-refractivity contribution in [1.29, 1.82) is 0 Å².